The fourth-order valence-electron chi connectivity index (χ4n) is 1.60. The molecule has 4 nitrogen and oxygen atoms in total. The summed E-state index contributed by atoms with van der Waals surface area (Å²) in [4.78, 5) is 11.8. The number of amides is 1. The number of nitrogens with one attached hydrogen (secondary N) is 1. The molecule has 0 saturated carbocycles. The van der Waals surface area contributed by atoms with Gasteiger partial charge in [-0.3, -0.25) is 4.79 Å². The Kier molecular flexibility index (Phi) is 4.77. The summed E-state index contributed by atoms with van der Waals surface area (Å²) in [5, 5.41) is 10.5. The van der Waals surface area contributed by atoms with Gasteiger partial charge >= 0.3 is 0 Å². The third-order valence-corrected chi connectivity index (χ3v) is 4.56. The number of benzene rings is 1. The van der Waals surface area contributed by atoms with Crippen LogP contribution in [-0.4, -0.2) is 21.9 Å². The molecule has 0 aliphatic heterocycles. The lowest BCUT2D eigenvalue weighted by Gasteiger charge is -2.19. The third-order valence-electron chi connectivity index (χ3n) is 2.70. The highest BCUT2D eigenvalue weighted by atomic mass is 32.2. The lowest BCUT2D eigenvalue weighted by molar-refractivity contribution is -0.113. The molecule has 2 aromatic rings. The summed E-state index contributed by atoms with van der Waals surface area (Å²) in [7, 11) is 0. The van der Waals surface area contributed by atoms with Crippen LogP contribution in [0.5, 0.6) is 0 Å². The molecule has 1 heterocycles. The summed E-state index contributed by atoms with van der Waals surface area (Å²) < 4.78 is 0.809. The molecule has 1 amide bonds. The molecule has 1 aromatic heterocycles. The zero-order chi connectivity index (χ0) is 14.6. The first-order valence-electron chi connectivity index (χ1n) is 6.24. The Hall–Kier alpha value is -1.40. The standard InChI is InChI=1S/C14H17N3OS2/c1-14(2,3)10-4-6-11(7-5-10)16-12(18)8-19-13-17-15-9-20-13/h4-7,9H,8H2,1-3H3,(H,16,18). The van der Waals surface area contributed by atoms with Crippen LogP contribution >= 0.6 is 23.1 Å². The van der Waals surface area contributed by atoms with Gasteiger partial charge in [0, 0.05) is 5.69 Å². The predicted molar refractivity (Wildman–Crippen MR) is 84.4 cm³/mol. The van der Waals surface area contributed by atoms with E-state index in [4.69, 9.17) is 0 Å². The van der Waals surface area contributed by atoms with Crippen molar-refractivity contribution in [3.05, 3.63) is 35.3 Å². The zero-order valence-corrected chi connectivity index (χ0v) is 13.3. The van der Waals surface area contributed by atoms with Crippen LogP contribution < -0.4 is 5.32 Å². The number of aromatic nitrogens is 2. The van der Waals surface area contributed by atoms with Crippen molar-refractivity contribution < 1.29 is 4.79 Å². The number of nitrogens with zero attached hydrogens (tertiary/aromatic N) is 2. The van der Waals surface area contributed by atoms with E-state index in [0.717, 1.165) is 10.0 Å². The van der Waals surface area contributed by atoms with E-state index in [0.29, 0.717) is 5.75 Å². The molecule has 1 aromatic carbocycles. The number of thioether (sulfide) groups is 1. The summed E-state index contributed by atoms with van der Waals surface area (Å²) in [5.41, 5.74) is 3.85. The van der Waals surface area contributed by atoms with Crippen molar-refractivity contribution in [1.29, 1.82) is 0 Å². The van der Waals surface area contributed by atoms with Gasteiger partial charge in [0.25, 0.3) is 0 Å². The van der Waals surface area contributed by atoms with E-state index in [-0.39, 0.29) is 11.3 Å². The SMILES string of the molecule is CC(C)(C)c1ccc(NC(=O)CSc2nncs2)cc1. The van der Waals surface area contributed by atoms with E-state index >= 15 is 0 Å². The lowest BCUT2D eigenvalue weighted by Crippen LogP contribution is -2.15. The number of rotatable bonds is 4. The van der Waals surface area contributed by atoms with Gasteiger partial charge in [0.15, 0.2) is 4.34 Å². The summed E-state index contributed by atoms with van der Waals surface area (Å²) >= 11 is 2.83. The second-order valence-corrected chi connectivity index (χ2v) is 7.42. The molecule has 0 spiro atoms. The van der Waals surface area contributed by atoms with E-state index in [1.54, 1.807) is 5.51 Å². The molecule has 0 bridgehead atoms. The second kappa shape index (κ2) is 6.37. The van der Waals surface area contributed by atoms with Gasteiger partial charge < -0.3 is 5.32 Å². The minimum Gasteiger partial charge on any atom is -0.325 e. The Balaban J connectivity index is 1.88. The molecule has 0 fully saturated rings. The van der Waals surface area contributed by atoms with E-state index in [2.05, 4.69) is 36.3 Å². The van der Waals surface area contributed by atoms with Crippen LogP contribution in [-0.2, 0) is 10.2 Å². The average molecular weight is 307 g/mol. The number of carbonyl (C=O) groups is 1. The van der Waals surface area contributed by atoms with Crippen molar-refractivity contribution in [1.82, 2.24) is 10.2 Å². The monoisotopic (exact) mass is 307 g/mol. The van der Waals surface area contributed by atoms with Crippen molar-refractivity contribution in [3.8, 4) is 0 Å². The highest BCUT2D eigenvalue weighted by Crippen LogP contribution is 2.24. The summed E-state index contributed by atoms with van der Waals surface area (Å²) in [6, 6.07) is 7.98. The fourth-order valence-corrected chi connectivity index (χ4v) is 2.89. The Labute approximate surface area is 127 Å². The van der Waals surface area contributed by atoms with Crippen molar-refractivity contribution in [3.63, 3.8) is 0 Å². The number of anilines is 1. The van der Waals surface area contributed by atoms with E-state index in [1.807, 2.05) is 24.3 Å². The average Bonchev–Trinajstić information content (AvgIpc) is 2.89. The van der Waals surface area contributed by atoms with E-state index in [9.17, 15) is 4.79 Å². The smallest absolute Gasteiger partial charge is 0.234 e. The van der Waals surface area contributed by atoms with Crippen LogP contribution in [0, 0.1) is 0 Å². The highest BCUT2D eigenvalue weighted by Gasteiger charge is 2.13. The Morgan fingerprint density at radius 2 is 2.00 bits per heavy atom. The Morgan fingerprint density at radius 3 is 2.55 bits per heavy atom. The first kappa shape index (κ1) is 15.0. The molecular weight excluding hydrogens is 290 g/mol. The van der Waals surface area contributed by atoms with Gasteiger partial charge in [-0.25, -0.2) is 0 Å². The minimum atomic E-state index is -0.0336. The van der Waals surface area contributed by atoms with Gasteiger partial charge in [-0.1, -0.05) is 56.0 Å². The molecule has 0 aliphatic carbocycles. The predicted octanol–water partition coefficient (Wildman–Crippen LogP) is 3.57. The van der Waals surface area contributed by atoms with Gasteiger partial charge in [-0.05, 0) is 23.1 Å². The van der Waals surface area contributed by atoms with Crippen molar-refractivity contribution in [2.24, 2.45) is 0 Å². The van der Waals surface area contributed by atoms with Crippen molar-refractivity contribution in [2.75, 3.05) is 11.1 Å². The second-order valence-electron chi connectivity index (χ2n) is 5.37. The van der Waals surface area contributed by atoms with Crippen molar-refractivity contribution in [2.45, 2.75) is 30.5 Å². The maximum atomic E-state index is 11.8. The molecule has 20 heavy (non-hydrogen) atoms. The molecule has 2 rings (SSSR count). The first-order valence-corrected chi connectivity index (χ1v) is 8.11. The van der Waals surface area contributed by atoms with Crippen LogP contribution in [0.1, 0.15) is 26.3 Å². The van der Waals surface area contributed by atoms with Crippen molar-refractivity contribution >= 4 is 34.7 Å². The normalized spacial score (nSPS) is 11.3. The van der Waals surface area contributed by atoms with Gasteiger partial charge in [0.1, 0.15) is 5.51 Å². The zero-order valence-electron chi connectivity index (χ0n) is 11.7. The van der Waals surface area contributed by atoms with Crippen LogP contribution in [0.15, 0.2) is 34.1 Å². The number of carbonyl (C=O) groups excluding carboxylic acids is 1. The molecule has 0 radical (unpaired) electrons. The molecule has 106 valence electrons. The topological polar surface area (TPSA) is 54.9 Å². The Morgan fingerprint density at radius 1 is 1.30 bits per heavy atom. The van der Waals surface area contributed by atoms with Gasteiger partial charge in [0.05, 0.1) is 5.75 Å². The Bertz CT molecular complexity index is 559. The molecule has 0 aliphatic rings. The van der Waals surface area contributed by atoms with Gasteiger partial charge in [0.2, 0.25) is 5.91 Å². The number of hydrogen-bond acceptors (Lipinski definition) is 5. The highest BCUT2D eigenvalue weighted by molar-refractivity contribution is 8.01. The maximum Gasteiger partial charge on any atom is 0.234 e. The van der Waals surface area contributed by atoms with Crippen LogP contribution in [0.25, 0.3) is 0 Å². The molecule has 6 heteroatoms. The van der Waals surface area contributed by atoms with E-state index < -0.39 is 0 Å². The lowest BCUT2D eigenvalue weighted by atomic mass is 9.87. The molecular formula is C14H17N3OS2. The maximum absolute atomic E-state index is 11.8. The van der Waals surface area contributed by atoms with Gasteiger partial charge in [-0.15, -0.1) is 10.2 Å². The van der Waals surface area contributed by atoms with Crippen LogP contribution in [0.2, 0.25) is 0 Å². The number of hydrogen-bond donors (Lipinski definition) is 1. The summed E-state index contributed by atoms with van der Waals surface area (Å²) in [5.74, 6) is 0.310. The summed E-state index contributed by atoms with van der Waals surface area (Å²) in [6.45, 7) is 6.50. The van der Waals surface area contributed by atoms with Gasteiger partial charge in [-0.2, -0.15) is 0 Å². The molecule has 1 N–H and O–H groups in total. The van der Waals surface area contributed by atoms with E-state index in [1.165, 1.54) is 28.7 Å². The first-order chi connectivity index (χ1) is 9.45. The third kappa shape index (κ3) is 4.31. The quantitative estimate of drug-likeness (QED) is 0.877. The fraction of sp³-hybridized carbons (Fsp3) is 0.357. The van der Waals surface area contributed by atoms with Crippen LogP contribution in [0.3, 0.4) is 0 Å². The summed E-state index contributed by atoms with van der Waals surface area (Å²) in [6.07, 6.45) is 0. The molecule has 0 atom stereocenters. The minimum absolute atomic E-state index is 0.0336. The molecule has 0 unspecified atom stereocenters. The largest absolute Gasteiger partial charge is 0.325 e. The molecule has 0 saturated heterocycles. The van der Waals surface area contributed by atoms with Crippen LogP contribution in [0.4, 0.5) is 5.69 Å².